The Morgan fingerprint density at radius 1 is 1.24 bits per heavy atom. The monoisotopic (exact) mass is 352 g/mol. The molecule has 1 fully saturated rings. The summed E-state index contributed by atoms with van der Waals surface area (Å²) in [7, 11) is 0. The second-order valence-corrected chi connectivity index (χ2v) is 5.91. The first-order valence-electron chi connectivity index (χ1n) is 6.09. The molecule has 0 saturated carbocycles. The Morgan fingerprint density at radius 2 is 1.95 bits per heavy atom. The third kappa shape index (κ3) is 2.41. The third-order valence-electron chi connectivity index (χ3n) is 3.47. The lowest BCUT2D eigenvalue weighted by molar-refractivity contribution is -0.0242. The van der Waals surface area contributed by atoms with Gasteiger partial charge in [0.25, 0.3) is 0 Å². The third-order valence-corrected chi connectivity index (χ3v) is 4.44. The molecule has 9 heteroatoms. The molecule has 1 aliphatic heterocycles. The lowest BCUT2D eigenvalue weighted by Gasteiger charge is -2.18. The zero-order chi connectivity index (χ0) is 15.3. The maximum Gasteiger partial charge on any atom is 0.148 e. The second kappa shape index (κ2) is 5.55. The molecule has 0 amide bonds. The van der Waals surface area contributed by atoms with Gasteiger partial charge < -0.3 is 20.1 Å². The number of ether oxygens (including phenoxy) is 1. The van der Waals surface area contributed by atoms with Crippen LogP contribution in [0, 0.1) is 0 Å². The van der Waals surface area contributed by atoms with Crippen LogP contribution in [0.3, 0.4) is 0 Å². The van der Waals surface area contributed by atoms with E-state index in [1.807, 2.05) is 0 Å². The fraction of sp³-hybridized carbons (Fsp3) is 0.417. The molecule has 1 aliphatic rings. The van der Waals surface area contributed by atoms with Gasteiger partial charge in [-0.05, 0) is 0 Å². The number of aliphatic hydroxyl groups is 3. The van der Waals surface area contributed by atoms with E-state index in [-0.39, 0.29) is 15.2 Å². The maximum absolute atomic E-state index is 10.1. The number of aliphatic hydroxyl groups excluding tert-OH is 3. The van der Waals surface area contributed by atoms with Crippen molar-refractivity contribution in [2.45, 2.75) is 24.4 Å². The van der Waals surface area contributed by atoms with E-state index in [0.29, 0.717) is 11.3 Å². The number of nitrogens with zero attached hydrogens (tertiary/aromatic N) is 2. The number of pyridine rings is 1. The van der Waals surface area contributed by atoms with Gasteiger partial charge >= 0.3 is 0 Å². The van der Waals surface area contributed by atoms with Crippen molar-refractivity contribution in [2.75, 3.05) is 6.61 Å². The predicted octanol–water partition coefficient (Wildman–Crippen LogP) is 1.45. The van der Waals surface area contributed by atoms with Crippen LogP contribution in [0.1, 0.15) is 11.8 Å². The Balaban J connectivity index is 2.18. The first-order valence-corrected chi connectivity index (χ1v) is 7.22. The van der Waals surface area contributed by atoms with E-state index in [1.165, 1.54) is 16.7 Å². The molecule has 3 rings (SSSR count). The summed E-state index contributed by atoms with van der Waals surface area (Å²) in [6.45, 7) is -0.430. The smallest absolute Gasteiger partial charge is 0.148 e. The SMILES string of the molecule is OC[C@H]1OC(c2c(Cl)c(Cl)cc3nc(Cl)cn23)[C@H](O)[C@@H]1O. The second-order valence-electron chi connectivity index (χ2n) is 4.74. The average molecular weight is 354 g/mol. The Labute approximate surface area is 134 Å². The van der Waals surface area contributed by atoms with Crippen molar-refractivity contribution in [2.24, 2.45) is 0 Å². The van der Waals surface area contributed by atoms with E-state index < -0.39 is 31.0 Å². The largest absolute Gasteiger partial charge is 0.394 e. The van der Waals surface area contributed by atoms with E-state index in [4.69, 9.17) is 44.6 Å². The van der Waals surface area contributed by atoms with Crippen LogP contribution in [0.25, 0.3) is 5.65 Å². The highest BCUT2D eigenvalue weighted by molar-refractivity contribution is 6.42. The number of hydrogen-bond acceptors (Lipinski definition) is 5. The molecule has 4 atom stereocenters. The summed E-state index contributed by atoms with van der Waals surface area (Å²) in [6.07, 6.45) is -2.86. The van der Waals surface area contributed by atoms with Crippen LogP contribution in [-0.2, 0) is 4.74 Å². The first kappa shape index (κ1) is 15.3. The van der Waals surface area contributed by atoms with Gasteiger partial charge in [-0.1, -0.05) is 34.8 Å². The number of halogens is 3. The summed E-state index contributed by atoms with van der Waals surface area (Å²) < 4.78 is 7.03. The fourth-order valence-corrected chi connectivity index (χ4v) is 3.08. The van der Waals surface area contributed by atoms with Gasteiger partial charge in [-0.2, -0.15) is 0 Å². The summed E-state index contributed by atoms with van der Waals surface area (Å²) in [5.74, 6) is 0. The molecule has 0 aliphatic carbocycles. The number of imidazole rings is 1. The summed E-state index contributed by atoms with van der Waals surface area (Å²) >= 11 is 18.1. The summed E-state index contributed by atoms with van der Waals surface area (Å²) in [5.41, 5.74) is 0.753. The van der Waals surface area contributed by atoms with Gasteiger partial charge in [0.1, 0.15) is 35.2 Å². The summed E-state index contributed by atoms with van der Waals surface area (Å²) in [5, 5.41) is 29.8. The standard InChI is InChI=1S/C12H11Cl3N2O4/c13-4-1-7-16-6(14)2-17(7)9(8(4)15)12-11(20)10(19)5(3-18)21-12/h1-2,5,10-12,18-20H,3H2/t5-,10-,11-,12?/m1/s1. The molecule has 3 N–H and O–H groups in total. The highest BCUT2D eigenvalue weighted by atomic mass is 35.5. The first-order chi connectivity index (χ1) is 9.93. The van der Waals surface area contributed by atoms with E-state index >= 15 is 0 Å². The molecule has 0 spiro atoms. The minimum Gasteiger partial charge on any atom is -0.394 e. The van der Waals surface area contributed by atoms with Gasteiger partial charge in [0.2, 0.25) is 0 Å². The van der Waals surface area contributed by atoms with Crippen molar-refractivity contribution >= 4 is 40.4 Å². The lowest BCUT2D eigenvalue weighted by atomic mass is 10.1. The van der Waals surface area contributed by atoms with Crippen molar-refractivity contribution in [3.8, 4) is 0 Å². The molecule has 1 saturated heterocycles. The predicted molar refractivity (Wildman–Crippen MR) is 76.9 cm³/mol. The van der Waals surface area contributed by atoms with E-state index in [9.17, 15) is 10.2 Å². The molecular formula is C12H11Cl3N2O4. The maximum atomic E-state index is 10.1. The molecule has 2 aromatic heterocycles. The van der Waals surface area contributed by atoms with Crippen LogP contribution in [0.5, 0.6) is 0 Å². The summed E-state index contributed by atoms with van der Waals surface area (Å²) in [4.78, 5) is 4.07. The Hall–Kier alpha value is -0.600. The van der Waals surface area contributed by atoms with Gasteiger partial charge in [-0.3, -0.25) is 4.40 Å². The highest BCUT2D eigenvalue weighted by Gasteiger charge is 2.45. The fourth-order valence-electron chi connectivity index (χ4n) is 2.45. The van der Waals surface area contributed by atoms with Crippen molar-refractivity contribution in [1.82, 2.24) is 9.38 Å². The van der Waals surface area contributed by atoms with Gasteiger partial charge in [0.15, 0.2) is 0 Å². The Kier molecular flexibility index (Phi) is 4.04. The van der Waals surface area contributed by atoms with Crippen LogP contribution in [0.4, 0.5) is 0 Å². The molecule has 0 aromatic carbocycles. The molecule has 2 aromatic rings. The molecule has 1 unspecified atom stereocenters. The van der Waals surface area contributed by atoms with Gasteiger partial charge in [0.05, 0.1) is 22.3 Å². The van der Waals surface area contributed by atoms with Gasteiger partial charge in [-0.15, -0.1) is 0 Å². The number of hydrogen-bond donors (Lipinski definition) is 3. The molecule has 21 heavy (non-hydrogen) atoms. The van der Waals surface area contributed by atoms with Crippen LogP contribution in [-0.4, -0.2) is 49.6 Å². The average Bonchev–Trinajstić information content (AvgIpc) is 2.93. The number of fused-ring (bicyclic) bond motifs is 1. The van der Waals surface area contributed by atoms with Gasteiger partial charge in [0, 0.05) is 12.3 Å². The molecule has 6 nitrogen and oxygen atoms in total. The van der Waals surface area contributed by atoms with Crippen molar-refractivity contribution < 1.29 is 20.1 Å². The summed E-state index contributed by atoms with van der Waals surface area (Å²) in [6, 6.07) is 1.53. The molecule has 0 bridgehead atoms. The van der Waals surface area contributed by atoms with Crippen molar-refractivity contribution in [3.63, 3.8) is 0 Å². The van der Waals surface area contributed by atoms with Crippen LogP contribution < -0.4 is 0 Å². The normalized spacial score (nSPS) is 29.4. The minimum absolute atomic E-state index is 0.160. The topological polar surface area (TPSA) is 87.2 Å². The molecule has 0 radical (unpaired) electrons. The van der Waals surface area contributed by atoms with E-state index in [2.05, 4.69) is 4.98 Å². The number of aromatic nitrogens is 2. The van der Waals surface area contributed by atoms with Crippen LogP contribution >= 0.6 is 34.8 Å². The van der Waals surface area contributed by atoms with E-state index in [0.717, 1.165) is 0 Å². The highest BCUT2D eigenvalue weighted by Crippen LogP contribution is 2.40. The quantitative estimate of drug-likeness (QED) is 0.761. The van der Waals surface area contributed by atoms with E-state index in [1.54, 1.807) is 0 Å². The Bertz CT molecular complexity index is 693. The van der Waals surface area contributed by atoms with Crippen LogP contribution in [0.2, 0.25) is 15.2 Å². The molecule has 3 heterocycles. The number of rotatable bonds is 2. The molecular weight excluding hydrogens is 343 g/mol. The lowest BCUT2D eigenvalue weighted by Crippen LogP contribution is -2.32. The van der Waals surface area contributed by atoms with Crippen molar-refractivity contribution in [1.29, 1.82) is 0 Å². The van der Waals surface area contributed by atoms with Crippen molar-refractivity contribution in [3.05, 3.63) is 33.2 Å². The van der Waals surface area contributed by atoms with Gasteiger partial charge in [-0.25, -0.2) is 4.98 Å². The van der Waals surface area contributed by atoms with Crippen LogP contribution in [0.15, 0.2) is 12.3 Å². The molecule has 114 valence electrons. The minimum atomic E-state index is -1.26. The zero-order valence-electron chi connectivity index (χ0n) is 10.4. The zero-order valence-corrected chi connectivity index (χ0v) is 12.7. The Morgan fingerprint density at radius 3 is 2.57 bits per heavy atom.